The zero-order valence-corrected chi connectivity index (χ0v) is 6.92. The first kappa shape index (κ1) is 9.18. The topological polar surface area (TPSA) is 42.9 Å². The van der Waals surface area contributed by atoms with Crippen LogP contribution >= 0.6 is 12.9 Å². The number of carbonyl (C=O) groups is 1. The van der Waals surface area contributed by atoms with Gasteiger partial charge in [-0.15, -0.1) is 9.76 Å². The van der Waals surface area contributed by atoms with Gasteiger partial charge in [0.05, 0.1) is 0 Å². The molecule has 1 aromatic rings. The molecule has 0 atom stereocenters. The summed E-state index contributed by atoms with van der Waals surface area (Å²) in [5.74, 6) is -1.10. The fourth-order valence-corrected chi connectivity index (χ4v) is 0.868. The van der Waals surface area contributed by atoms with Crippen LogP contribution < -0.4 is 5.48 Å². The lowest BCUT2D eigenvalue weighted by Crippen LogP contribution is -2.85. The lowest BCUT2D eigenvalue weighted by atomic mass is 10.2. The van der Waals surface area contributed by atoms with Crippen molar-refractivity contribution in [2.24, 2.45) is 0 Å². The fourth-order valence-electron chi connectivity index (χ4n) is 0.772. The summed E-state index contributed by atoms with van der Waals surface area (Å²) >= 11 is 3.35. The molecule has 0 saturated carbocycles. The monoisotopic (exact) mass is 188 g/mol. The number of nitrogens with two attached hydrogens (primary N) is 1. The number of benzene rings is 1. The van der Waals surface area contributed by atoms with Crippen LogP contribution in [0.1, 0.15) is 10.4 Å². The van der Waals surface area contributed by atoms with E-state index in [-0.39, 0.29) is 5.56 Å². The van der Waals surface area contributed by atoms with Gasteiger partial charge in [0.2, 0.25) is 0 Å². The van der Waals surface area contributed by atoms with E-state index in [0.29, 0.717) is 0 Å². The number of primary amides is 1. The van der Waals surface area contributed by atoms with Crippen LogP contribution in [-0.2, 0) is 4.28 Å². The van der Waals surface area contributed by atoms with Crippen molar-refractivity contribution in [2.45, 2.75) is 0 Å². The van der Waals surface area contributed by atoms with Crippen LogP contribution in [0.4, 0.5) is 4.39 Å². The summed E-state index contributed by atoms with van der Waals surface area (Å²) in [6.07, 6.45) is 0. The lowest BCUT2D eigenvalue weighted by Gasteiger charge is -1.95. The largest absolute Gasteiger partial charge is 0.378 e. The predicted octanol–water partition coefficient (Wildman–Crippen LogP) is 0.306. The maximum absolute atomic E-state index is 12.8. The molecule has 12 heavy (non-hydrogen) atoms. The summed E-state index contributed by atoms with van der Waals surface area (Å²) in [4.78, 5) is 11.0. The molecule has 1 rings (SSSR count). The summed E-state index contributed by atoms with van der Waals surface area (Å²) in [6, 6.07) is 5.66. The Morgan fingerprint density at radius 2 is 2.17 bits per heavy atom. The van der Waals surface area contributed by atoms with Crippen LogP contribution in [0, 0.1) is 5.82 Å². The van der Waals surface area contributed by atoms with Gasteiger partial charge in [-0.1, -0.05) is 12.1 Å². The molecule has 5 heteroatoms. The molecule has 0 aliphatic heterocycles. The van der Waals surface area contributed by atoms with Crippen molar-refractivity contribution in [3.8, 4) is 0 Å². The molecule has 0 aliphatic carbocycles. The second-order valence-corrected chi connectivity index (χ2v) is 2.28. The quantitative estimate of drug-likeness (QED) is 0.398. The molecule has 0 heterocycles. The molecule has 0 radical (unpaired) electrons. The number of hydrogen-bond acceptors (Lipinski definition) is 3. The van der Waals surface area contributed by atoms with Gasteiger partial charge in [0, 0.05) is 12.9 Å². The van der Waals surface area contributed by atoms with Crippen LogP contribution in [0.2, 0.25) is 0 Å². The number of amides is 1. The van der Waals surface area contributed by atoms with Crippen LogP contribution in [0.25, 0.3) is 0 Å². The third kappa shape index (κ3) is 2.04. The first-order chi connectivity index (χ1) is 5.75. The Labute approximate surface area is 74.1 Å². The van der Waals surface area contributed by atoms with E-state index in [1.165, 1.54) is 18.2 Å². The number of hydroxylamine groups is 1. The SMILES string of the molecule is O=C([NH2+]OS)c1ccccc1F. The van der Waals surface area contributed by atoms with Crippen LogP contribution in [-0.4, -0.2) is 5.91 Å². The van der Waals surface area contributed by atoms with Gasteiger partial charge in [0.25, 0.3) is 0 Å². The molecule has 64 valence electrons. The molecule has 0 fully saturated rings. The van der Waals surface area contributed by atoms with E-state index in [0.717, 1.165) is 5.48 Å². The van der Waals surface area contributed by atoms with Gasteiger partial charge in [-0.25, -0.2) is 9.18 Å². The van der Waals surface area contributed by atoms with Crippen molar-refractivity contribution in [2.75, 3.05) is 0 Å². The van der Waals surface area contributed by atoms with Gasteiger partial charge in [0.1, 0.15) is 11.4 Å². The average molecular weight is 188 g/mol. The summed E-state index contributed by atoms with van der Waals surface area (Å²) in [5, 5.41) is 0. The number of halogens is 1. The van der Waals surface area contributed by atoms with Gasteiger partial charge in [0.15, 0.2) is 0 Å². The molecule has 0 aromatic heterocycles. The Balaban J connectivity index is 2.87. The van der Waals surface area contributed by atoms with E-state index in [2.05, 4.69) is 17.2 Å². The molecule has 0 spiro atoms. The zero-order chi connectivity index (χ0) is 8.97. The Morgan fingerprint density at radius 3 is 2.75 bits per heavy atom. The molecule has 1 amide bonds. The standard InChI is InChI=1S/C7H6FNO2S/c8-6-4-2-1-3-5(6)7(10)9-11-12/h1-4,12H,(H,9,10)/p+1. The smallest absolute Gasteiger partial charge is 0.222 e. The van der Waals surface area contributed by atoms with Crippen LogP contribution in [0.15, 0.2) is 24.3 Å². The Kier molecular flexibility index (Phi) is 3.21. The highest BCUT2D eigenvalue weighted by Gasteiger charge is 2.14. The average Bonchev–Trinajstić information content (AvgIpc) is 2.05. The lowest BCUT2D eigenvalue weighted by molar-refractivity contribution is -0.774. The fraction of sp³-hybridized carbons (Fsp3) is 0. The molecule has 0 aliphatic rings. The maximum atomic E-state index is 12.8. The minimum Gasteiger partial charge on any atom is -0.222 e. The van der Waals surface area contributed by atoms with Crippen molar-refractivity contribution in [3.63, 3.8) is 0 Å². The van der Waals surface area contributed by atoms with Crippen LogP contribution in [0.5, 0.6) is 0 Å². The summed E-state index contributed by atoms with van der Waals surface area (Å²) < 4.78 is 17.0. The number of hydrogen-bond donors (Lipinski definition) is 2. The highest BCUT2D eigenvalue weighted by molar-refractivity contribution is 7.74. The number of thiol groups is 1. The first-order valence-corrected chi connectivity index (χ1v) is 3.54. The van der Waals surface area contributed by atoms with Crippen molar-refractivity contribution in [1.29, 1.82) is 0 Å². The van der Waals surface area contributed by atoms with E-state index in [1.807, 2.05) is 0 Å². The van der Waals surface area contributed by atoms with Crippen LogP contribution in [0.3, 0.4) is 0 Å². The zero-order valence-electron chi connectivity index (χ0n) is 6.03. The number of quaternary nitrogens is 1. The number of rotatable bonds is 2. The van der Waals surface area contributed by atoms with Crippen molar-refractivity contribution >= 4 is 18.8 Å². The van der Waals surface area contributed by atoms with E-state index in [4.69, 9.17) is 0 Å². The molecule has 0 bridgehead atoms. The van der Waals surface area contributed by atoms with E-state index >= 15 is 0 Å². The molecule has 2 N–H and O–H groups in total. The molecular weight excluding hydrogens is 181 g/mol. The Morgan fingerprint density at radius 1 is 1.50 bits per heavy atom. The molecule has 3 nitrogen and oxygen atoms in total. The van der Waals surface area contributed by atoms with E-state index < -0.39 is 11.7 Å². The summed E-state index contributed by atoms with van der Waals surface area (Å²) in [6.45, 7) is 0. The summed E-state index contributed by atoms with van der Waals surface area (Å²) in [7, 11) is 0. The van der Waals surface area contributed by atoms with Gasteiger partial charge in [-0.3, -0.25) is 0 Å². The van der Waals surface area contributed by atoms with E-state index in [1.54, 1.807) is 6.07 Å². The van der Waals surface area contributed by atoms with Gasteiger partial charge >= 0.3 is 5.91 Å². The Bertz CT molecular complexity index is 292. The first-order valence-electron chi connectivity index (χ1n) is 3.18. The highest BCUT2D eigenvalue weighted by Crippen LogP contribution is 2.03. The summed E-state index contributed by atoms with van der Waals surface area (Å²) in [5.41, 5.74) is 0.813. The molecule has 0 unspecified atom stereocenters. The normalized spacial score (nSPS) is 9.83. The van der Waals surface area contributed by atoms with Crippen molar-refractivity contribution in [1.82, 2.24) is 0 Å². The van der Waals surface area contributed by atoms with Gasteiger partial charge in [-0.2, -0.15) is 0 Å². The minimum atomic E-state index is -0.566. The molecule has 0 saturated heterocycles. The third-order valence-corrected chi connectivity index (χ3v) is 1.40. The van der Waals surface area contributed by atoms with Crippen molar-refractivity contribution < 1.29 is 18.9 Å². The Hall–Kier alpha value is -0.910. The maximum Gasteiger partial charge on any atom is 0.378 e. The highest BCUT2D eigenvalue weighted by atomic mass is 32.1. The van der Waals surface area contributed by atoms with Gasteiger partial charge in [-0.05, 0) is 12.1 Å². The molecule has 1 aromatic carbocycles. The minimum absolute atomic E-state index is 0.0217. The van der Waals surface area contributed by atoms with Gasteiger partial charge < -0.3 is 0 Å². The van der Waals surface area contributed by atoms with E-state index in [9.17, 15) is 9.18 Å². The van der Waals surface area contributed by atoms with Crippen molar-refractivity contribution in [3.05, 3.63) is 35.6 Å². The molecular formula is C7H7FNO2S+. The third-order valence-electron chi connectivity index (χ3n) is 1.30. The number of carbonyl (C=O) groups excluding carboxylic acids is 1. The second-order valence-electron chi connectivity index (χ2n) is 2.07. The second kappa shape index (κ2) is 4.20. The predicted molar refractivity (Wildman–Crippen MR) is 42.7 cm³/mol.